The van der Waals surface area contributed by atoms with E-state index in [1.165, 1.54) is 5.56 Å². The van der Waals surface area contributed by atoms with Crippen LogP contribution < -0.4 is 5.32 Å². The van der Waals surface area contributed by atoms with Gasteiger partial charge in [0.15, 0.2) is 0 Å². The van der Waals surface area contributed by atoms with Crippen molar-refractivity contribution in [2.24, 2.45) is 5.41 Å². The molecule has 1 aromatic carbocycles. The van der Waals surface area contributed by atoms with Crippen molar-refractivity contribution in [3.8, 4) is 6.07 Å². The molecule has 0 aliphatic heterocycles. The average molecular weight is 244 g/mol. The minimum Gasteiger partial charge on any atom is -0.385 e. The van der Waals surface area contributed by atoms with E-state index in [0.717, 1.165) is 25.1 Å². The van der Waals surface area contributed by atoms with Gasteiger partial charge in [-0.15, -0.1) is 0 Å². The van der Waals surface area contributed by atoms with Gasteiger partial charge in [0.25, 0.3) is 0 Å². The Morgan fingerprint density at radius 2 is 1.83 bits per heavy atom. The maximum absolute atomic E-state index is 8.92. The van der Waals surface area contributed by atoms with E-state index in [4.69, 9.17) is 5.26 Å². The Morgan fingerprint density at radius 1 is 1.22 bits per heavy atom. The minimum atomic E-state index is -0.205. The highest BCUT2D eigenvalue weighted by Crippen LogP contribution is 2.21. The lowest BCUT2D eigenvalue weighted by atomic mass is 9.90. The first kappa shape index (κ1) is 14.6. The van der Waals surface area contributed by atoms with Crippen LogP contribution in [0.5, 0.6) is 0 Å². The fourth-order valence-electron chi connectivity index (χ4n) is 1.80. The molecule has 18 heavy (non-hydrogen) atoms. The molecule has 98 valence electrons. The predicted molar refractivity (Wildman–Crippen MR) is 77.6 cm³/mol. The van der Waals surface area contributed by atoms with Gasteiger partial charge in [-0.2, -0.15) is 5.26 Å². The topological polar surface area (TPSA) is 35.8 Å². The smallest absolute Gasteiger partial charge is 0.0683 e. The van der Waals surface area contributed by atoms with E-state index in [-0.39, 0.29) is 5.41 Å². The Hall–Kier alpha value is -1.49. The number of nitrogens with one attached hydrogen (secondary N) is 1. The molecule has 0 saturated carbocycles. The molecule has 0 spiro atoms. The van der Waals surface area contributed by atoms with E-state index >= 15 is 0 Å². The first-order chi connectivity index (χ1) is 8.44. The van der Waals surface area contributed by atoms with Gasteiger partial charge >= 0.3 is 0 Å². The molecule has 0 atom stereocenters. The SMILES string of the molecule is CC(C)c1ccc(NCCCC(C)(C)C#N)cc1. The molecular formula is C16H24N2. The second-order valence-electron chi connectivity index (χ2n) is 5.80. The number of nitriles is 1. The minimum absolute atomic E-state index is 0.205. The van der Waals surface area contributed by atoms with E-state index in [1.807, 2.05) is 13.8 Å². The van der Waals surface area contributed by atoms with Crippen LogP contribution in [0.25, 0.3) is 0 Å². The summed E-state index contributed by atoms with van der Waals surface area (Å²) in [6.07, 6.45) is 1.95. The molecule has 0 aliphatic rings. The van der Waals surface area contributed by atoms with Gasteiger partial charge in [0.2, 0.25) is 0 Å². The summed E-state index contributed by atoms with van der Waals surface area (Å²) in [5, 5.41) is 12.3. The number of rotatable bonds is 6. The first-order valence-electron chi connectivity index (χ1n) is 6.70. The molecule has 0 radical (unpaired) electrons. The Balaban J connectivity index is 2.34. The summed E-state index contributed by atoms with van der Waals surface area (Å²) in [4.78, 5) is 0. The highest BCUT2D eigenvalue weighted by Gasteiger charge is 2.15. The lowest BCUT2D eigenvalue weighted by Crippen LogP contribution is -2.11. The molecule has 0 bridgehead atoms. The Morgan fingerprint density at radius 3 is 2.33 bits per heavy atom. The summed E-state index contributed by atoms with van der Waals surface area (Å²) in [6, 6.07) is 10.9. The van der Waals surface area contributed by atoms with Crippen molar-refractivity contribution in [2.45, 2.75) is 46.5 Å². The summed E-state index contributed by atoms with van der Waals surface area (Å²) in [5.74, 6) is 0.579. The van der Waals surface area contributed by atoms with Crippen molar-refractivity contribution in [3.05, 3.63) is 29.8 Å². The monoisotopic (exact) mass is 244 g/mol. The van der Waals surface area contributed by atoms with Gasteiger partial charge in [0, 0.05) is 12.2 Å². The Labute approximate surface area is 111 Å². The van der Waals surface area contributed by atoms with Crippen molar-refractivity contribution < 1.29 is 0 Å². The summed E-state index contributed by atoms with van der Waals surface area (Å²) < 4.78 is 0. The molecule has 2 heteroatoms. The van der Waals surface area contributed by atoms with Gasteiger partial charge in [-0.05, 0) is 50.3 Å². The molecule has 1 rings (SSSR count). The fourth-order valence-corrected chi connectivity index (χ4v) is 1.80. The van der Waals surface area contributed by atoms with E-state index in [0.29, 0.717) is 5.92 Å². The highest BCUT2D eigenvalue weighted by molar-refractivity contribution is 5.45. The molecule has 2 nitrogen and oxygen atoms in total. The van der Waals surface area contributed by atoms with Gasteiger partial charge < -0.3 is 5.32 Å². The van der Waals surface area contributed by atoms with Crippen LogP contribution in [0.3, 0.4) is 0 Å². The molecule has 0 unspecified atom stereocenters. The first-order valence-corrected chi connectivity index (χ1v) is 6.70. The Bertz CT molecular complexity index is 396. The van der Waals surface area contributed by atoms with Crippen LogP contribution >= 0.6 is 0 Å². The maximum Gasteiger partial charge on any atom is 0.0683 e. The zero-order valence-corrected chi connectivity index (χ0v) is 12.0. The van der Waals surface area contributed by atoms with E-state index in [1.54, 1.807) is 0 Å². The van der Waals surface area contributed by atoms with Crippen LogP contribution in [0.4, 0.5) is 5.69 Å². The molecule has 0 heterocycles. The van der Waals surface area contributed by atoms with Gasteiger partial charge in [-0.3, -0.25) is 0 Å². The molecule has 0 amide bonds. The van der Waals surface area contributed by atoms with Gasteiger partial charge in [-0.25, -0.2) is 0 Å². The number of hydrogen-bond donors (Lipinski definition) is 1. The molecule has 0 fully saturated rings. The summed E-state index contributed by atoms with van der Waals surface area (Å²) in [6.45, 7) is 9.31. The van der Waals surface area contributed by atoms with Crippen molar-refractivity contribution in [1.29, 1.82) is 5.26 Å². The Kier molecular flexibility index (Phi) is 5.22. The third-order valence-electron chi connectivity index (χ3n) is 3.19. The van der Waals surface area contributed by atoms with Gasteiger partial charge in [0.1, 0.15) is 0 Å². The van der Waals surface area contributed by atoms with Crippen molar-refractivity contribution in [2.75, 3.05) is 11.9 Å². The largest absolute Gasteiger partial charge is 0.385 e. The van der Waals surface area contributed by atoms with E-state index < -0.39 is 0 Å². The second kappa shape index (κ2) is 6.44. The van der Waals surface area contributed by atoms with Crippen LogP contribution in [0.1, 0.15) is 52.0 Å². The quantitative estimate of drug-likeness (QED) is 0.745. The molecule has 1 N–H and O–H groups in total. The number of anilines is 1. The van der Waals surface area contributed by atoms with Crippen LogP contribution in [-0.2, 0) is 0 Å². The highest BCUT2D eigenvalue weighted by atomic mass is 14.9. The second-order valence-corrected chi connectivity index (χ2v) is 5.80. The summed E-state index contributed by atoms with van der Waals surface area (Å²) in [5.41, 5.74) is 2.32. The lowest BCUT2D eigenvalue weighted by molar-refractivity contribution is 0.441. The van der Waals surface area contributed by atoms with Crippen molar-refractivity contribution >= 4 is 5.69 Å². The van der Waals surface area contributed by atoms with Crippen LogP contribution in [0.2, 0.25) is 0 Å². The van der Waals surface area contributed by atoms with Crippen molar-refractivity contribution in [1.82, 2.24) is 0 Å². The normalized spacial score (nSPS) is 11.3. The molecule has 0 aromatic heterocycles. The van der Waals surface area contributed by atoms with Gasteiger partial charge in [0.05, 0.1) is 11.5 Å². The van der Waals surface area contributed by atoms with E-state index in [2.05, 4.69) is 49.5 Å². The van der Waals surface area contributed by atoms with Crippen LogP contribution in [0, 0.1) is 16.7 Å². The molecule has 1 aromatic rings. The van der Waals surface area contributed by atoms with Crippen molar-refractivity contribution in [3.63, 3.8) is 0 Å². The third kappa shape index (κ3) is 4.79. The predicted octanol–water partition coefficient (Wildman–Crippen LogP) is 4.55. The standard InChI is InChI=1S/C16H24N2/c1-13(2)14-6-8-15(9-7-14)18-11-5-10-16(3,4)12-17/h6-9,13,18H,5,10-11H2,1-4H3. The van der Waals surface area contributed by atoms with Crippen LogP contribution in [-0.4, -0.2) is 6.54 Å². The molecule has 0 aliphatic carbocycles. The zero-order chi connectivity index (χ0) is 13.6. The third-order valence-corrected chi connectivity index (χ3v) is 3.19. The lowest BCUT2D eigenvalue weighted by Gasteiger charge is -2.15. The van der Waals surface area contributed by atoms with Gasteiger partial charge in [-0.1, -0.05) is 26.0 Å². The van der Waals surface area contributed by atoms with Crippen LogP contribution in [0.15, 0.2) is 24.3 Å². The fraction of sp³-hybridized carbons (Fsp3) is 0.562. The summed E-state index contributed by atoms with van der Waals surface area (Å²) >= 11 is 0. The van der Waals surface area contributed by atoms with E-state index in [9.17, 15) is 0 Å². The number of hydrogen-bond acceptors (Lipinski definition) is 2. The average Bonchev–Trinajstić information content (AvgIpc) is 2.35. The number of benzene rings is 1. The maximum atomic E-state index is 8.92. The summed E-state index contributed by atoms with van der Waals surface area (Å²) in [7, 11) is 0. The molecule has 0 saturated heterocycles. The number of nitrogens with zero attached hydrogens (tertiary/aromatic N) is 1. The molecular weight excluding hydrogens is 220 g/mol. The zero-order valence-electron chi connectivity index (χ0n) is 12.0.